The zero-order valence-corrected chi connectivity index (χ0v) is 14.0. The topological polar surface area (TPSA) is 76.7 Å². The summed E-state index contributed by atoms with van der Waals surface area (Å²) in [6.45, 7) is 3.83. The van der Waals surface area contributed by atoms with Gasteiger partial charge in [-0.3, -0.25) is 9.59 Å². The maximum absolute atomic E-state index is 13.0. The molecule has 2 fully saturated rings. The largest absolute Gasteiger partial charge is 0.472 e. The highest BCUT2D eigenvalue weighted by Crippen LogP contribution is 2.62. The monoisotopic (exact) mass is 330 g/mol. The van der Waals surface area contributed by atoms with E-state index in [1.165, 1.54) is 6.08 Å². The molecule has 1 spiro atoms. The summed E-state index contributed by atoms with van der Waals surface area (Å²) in [6, 6.07) is 1.80. The van der Waals surface area contributed by atoms with E-state index in [2.05, 4.69) is 0 Å². The molecule has 0 aromatic carbocycles. The summed E-state index contributed by atoms with van der Waals surface area (Å²) in [5, 5.41) is 11.3. The van der Waals surface area contributed by atoms with Crippen molar-refractivity contribution in [1.82, 2.24) is 0 Å². The fraction of sp³-hybridized carbons (Fsp3) is 0.579. The van der Waals surface area contributed by atoms with Crippen LogP contribution in [0, 0.1) is 17.3 Å². The number of cyclic esters (lactones) is 1. The molecule has 0 unspecified atom stereocenters. The molecule has 5 atom stereocenters. The Balaban J connectivity index is 1.79. The smallest absolute Gasteiger partial charge is 0.313 e. The van der Waals surface area contributed by atoms with E-state index in [0.29, 0.717) is 18.4 Å². The Labute approximate surface area is 140 Å². The average Bonchev–Trinajstić information content (AvgIpc) is 3.16. The van der Waals surface area contributed by atoms with Gasteiger partial charge >= 0.3 is 5.97 Å². The number of hydrogen-bond donors (Lipinski definition) is 1. The van der Waals surface area contributed by atoms with E-state index >= 15 is 0 Å². The van der Waals surface area contributed by atoms with Gasteiger partial charge in [-0.2, -0.15) is 0 Å². The van der Waals surface area contributed by atoms with E-state index in [1.54, 1.807) is 25.5 Å². The van der Waals surface area contributed by atoms with E-state index in [-0.39, 0.29) is 30.2 Å². The number of rotatable bonds is 1. The van der Waals surface area contributed by atoms with Gasteiger partial charge in [-0.05, 0) is 43.4 Å². The van der Waals surface area contributed by atoms with E-state index in [4.69, 9.17) is 9.15 Å². The zero-order valence-electron chi connectivity index (χ0n) is 14.0. The van der Waals surface area contributed by atoms with E-state index in [1.807, 2.05) is 6.92 Å². The molecule has 3 aliphatic rings. The third-order valence-corrected chi connectivity index (χ3v) is 6.57. The van der Waals surface area contributed by atoms with Crippen molar-refractivity contribution in [3.8, 4) is 0 Å². The Kier molecular flexibility index (Phi) is 3.29. The van der Waals surface area contributed by atoms with Crippen LogP contribution in [0.4, 0.5) is 0 Å². The first kappa shape index (κ1) is 15.6. The molecule has 5 heteroatoms. The van der Waals surface area contributed by atoms with Gasteiger partial charge in [-0.1, -0.05) is 6.92 Å². The first-order valence-corrected chi connectivity index (χ1v) is 8.55. The summed E-state index contributed by atoms with van der Waals surface area (Å²) in [5.74, 6) is -0.663. The van der Waals surface area contributed by atoms with Crippen LogP contribution in [-0.2, 0) is 14.3 Å². The molecule has 1 saturated carbocycles. The Morgan fingerprint density at radius 2 is 2.12 bits per heavy atom. The lowest BCUT2D eigenvalue weighted by atomic mass is 9.50. The first-order valence-electron chi connectivity index (χ1n) is 8.55. The molecule has 1 aliphatic heterocycles. The number of esters is 1. The predicted octanol–water partition coefficient (Wildman–Crippen LogP) is 2.95. The maximum atomic E-state index is 13.0. The van der Waals surface area contributed by atoms with Gasteiger partial charge in [0.2, 0.25) is 0 Å². The molecule has 2 heterocycles. The molecule has 4 rings (SSSR count). The average molecular weight is 330 g/mol. The molecule has 1 N–H and O–H groups in total. The molecular formula is C19H22O5. The SMILES string of the molecule is CC1=CC(=O)C[C@@H]2[C@@]3(C[C@H](c4ccoc4)OC3=O)[C@@H](C)CC[C@@]12O. The molecule has 1 saturated heterocycles. The number of carbonyl (C=O) groups is 2. The summed E-state index contributed by atoms with van der Waals surface area (Å²) in [4.78, 5) is 25.2. The van der Waals surface area contributed by atoms with Crippen LogP contribution in [0.2, 0.25) is 0 Å². The van der Waals surface area contributed by atoms with Gasteiger partial charge in [0.1, 0.15) is 6.10 Å². The third-order valence-electron chi connectivity index (χ3n) is 6.57. The molecule has 0 radical (unpaired) electrons. The molecule has 5 nitrogen and oxygen atoms in total. The summed E-state index contributed by atoms with van der Waals surface area (Å²) in [6.07, 6.45) is 6.32. The van der Waals surface area contributed by atoms with Gasteiger partial charge in [0, 0.05) is 24.3 Å². The normalized spacial score (nSPS) is 42.0. The van der Waals surface area contributed by atoms with Gasteiger partial charge in [0.25, 0.3) is 0 Å². The van der Waals surface area contributed by atoms with E-state index < -0.39 is 16.9 Å². The fourth-order valence-corrected chi connectivity index (χ4v) is 5.09. The number of fused-ring (bicyclic) bond motifs is 2. The predicted molar refractivity (Wildman–Crippen MR) is 84.8 cm³/mol. The van der Waals surface area contributed by atoms with Crippen LogP contribution in [0.3, 0.4) is 0 Å². The van der Waals surface area contributed by atoms with Crippen molar-refractivity contribution < 1.29 is 23.8 Å². The molecule has 24 heavy (non-hydrogen) atoms. The molecule has 0 amide bonds. The standard InChI is InChI=1S/C19H22O5/c1-11-3-5-19(22)12(2)7-14(20)8-16(19)18(11)9-15(24-17(18)21)13-4-6-23-10-13/h4,6-7,10-11,15-16,22H,3,5,8-9H2,1-2H3/t11-,15+,16+,18+,19+/m0/s1. The molecule has 0 bridgehead atoms. The number of ketones is 1. The van der Waals surface area contributed by atoms with Crippen molar-refractivity contribution in [2.75, 3.05) is 0 Å². The number of ether oxygens (including phenoxy) is 1. The van der Waals surface area contributed by atoms with Crippen LogP contribution in [-0.4, -0.2) is 22.5 Å². The van der Waals surface area contributed by atoms with E-state index in [9.17, 15) is 14.7 Å². The minimum Gasteiger partial charge on any atom is -0.472 e. The number of furan rings is 1. The van der Waals surface area contributed by atoms with Crippen LogP contribution in [0.15, 0.2) is 34.7 Å². The summed E-state index contributed by atoms with van der Waals surface area (Å²) in [7, 11) is 0. The number of aliphatic hydroxyl groups is 1. The van der Waals surface area contributed by atoms with Gasteiger partial charge < -0.3 is 14.3 Å². The zero-order chi connectivity index (χ0) is 17.1. The van der Waals surface area contributed by atoms with Crippen molar-refractivity contribution in [3.05, 3.63) is 35.8 Å². The molecule has 1 aromatic heterocycles. The third kappa shape index (κ3) is 1.91. The lowest BCUT2D eigenvalue weighted by molar-refractivity contribution is -0.170. The Morgan fingerprint density at radius 1 is 1.33 bits per heavy atom. The van der Waals surface area contributed by atoms with Gasteiger partial charge in [0.15, 0.2) is 5.78 Å². The van der Waals surface area contributed by atoms with Crippen molar-refractivity contribution >= 4 is 11.8 Å². The van der Waals surface area contributed by atoms with Crippen LogP contribution in [0.5, 0.6) is 0 Å². The Morgan fingerprint density at radius 3 is 2.83 bits per heavy atom. The fourth-order valence-electron chi connectivity index (χ4n) is 5.09. The summed E-state index contributed by atoms with van der Waals surface area (Å²) in [5.41, 5.74) is -0.407. The van der Waals surface area contributed by atoms with Crippen molar-refractivity contribution in [2.24, 2.45) is 17.3 Å². The number of carbonyl (C=O) groups excluding carboxylic acids is 2. The van der Waals surface area contributed by atoms with Crippen molar-refractivity contribution in [3.63, 3.8) is 0 Å². The second-order valence-electron chi connectivity index (χ2n) is 7.61. The second-order valence-corrected chi connectivity index (χ2v) is 7.61. The highest BCUT2D eigenvalue weighted by atomic mass is 16.6. The molecule has 2 aliphatic carbocycles. The first-order chi connectivity index (χ1) is 11.4. The van der Waals surface area contributed by atoms with Crippen LogP contribution >= 0.6 is 0 Å². The number of hydrogen-bond acceptors (Lipinski definition) is 5. The minimum absolute atomic E-state index is 0.0183. The van der Waals surface area contributed by atoms with Crippen molar-refractivity contribution in [2.45, 2.75) is 51.2 Å². The van der Waals surface area contributed by atoms with Gasteiger partial charge in [-0.25, -0.2) is 0 Å². The highest BCUT2D eigenvalue weighted by Gasteiger charge is 2.66. The quantitative estimate of drug-likeness (QED) is 0.801. The molecular weight excluding hydrogens is 308 g/mol. The summed E-state index contributed by atoms with van der Waals surface area (Å²) < 4.78 is 10.8. The Hall–Kier alpha value is -1.88. The lowest BCUT2D eigenvalue weighted by Gasteiger charge is -2.53. The van der Waals surface area contributed by atoms with Crippen LogP contribution in [0.1, 0.15) is 51.2 Å². The van der Waals surface area contributed by atoms with Crippen LogP contribution < -0.4 is 0 Å². The second kappa shape index (κ2) is 5.06. The number of allylic oxidation sites excluding steroid dienone is 1. The Bertz CT molecular complexity index is 718. The minimum atomic E-state index is -1.09. The lowest BCUT2D eigenvalue weighted by Crippen LogP contribution is -2.59. The summed E-state index contributed by atoms with van der Waals surface area (Å²) >= 11 is 0. The molecule has 128 valence electrons. The van der Waals surface area contributed by atoms with E-state index in [0.717, 1.165) is 12.0 Å². The van der Waals surface area contributed by atoms with Gasteiger partial charge in [0.05, 0.1) is 23.5 Å². The van der Waals surface area contributed by atoms with Crippen molar-refractivity contribution in [1.29, 1.82) is 0 Å². The maximum Gasteiger partial charge on any atom is 0.313 e. The van der Waals surface area contributed by atoms with Crippen LogP contribution in [0.25, 0.3) is 0 Å². The van der Waals surface area contributed by atoms with Gasteiger partial charge in [-0.15, -0.1) is 0 Å². The highest BCUT2D eigenvalue weighted by molar-refractivity contribution is 5.93. The molecule has 1 aromatic rings.